The number of nitrogens with zero attached hydrogens (tertiary/aromatic N) is 1. The van der Waals surface area contributed by atoms with E-state index in [1.165, 1.54) is 0 Å². The molecule has 0 aromatic heterocycles. The second-order valence-electron chi connectivity index (χ2n) is 6.33. The number of likely N-dealkylation sites (tertiary alicyclic amines) is 1. The van der Waals surface area contributed by atoms with E-state index in [4.69, 9.17) is 5.73 Å². The van der Waals surface area contributed by atoms with E-state index >= 15 is 0 Å². The zero-order chi connectivity index (χ0) is 14.9. The third-order valence-electron chi connectivity index (χ3n) is 4.75. The Morgan fingerprint density at radius 1 is 1.15 bits per heavy atom. The number of halogens is 3. The lowest BCUT2D eigenvalue weighted by Gasteiger charge is -2.38. The molecule has 6 heteroatoms. The molecule has 2 rings (SSSR count). The molecule has 1 aliphatic carbocycles. The van der Waals surface area contributed by atoms with Crippen LogP contribution in [0, 0.1) is 17.8 Å². The molecule has 3 nitrogen and oxygen atoms in total. The molecular weight excluding hydrogens is 269 g/mol. The van der Waals surface area contributed by atoms with Crippen LogP contribution in [-0.2, 0) is 4.79 Å². The van der Waals surface area contributed by atoms with Gasteiger partial charge in [-0.2, -0.15) is 13.2 Å². The molecule has 1 aliphatic heterocycles. The summed E-state index contributed by atoms with van der Waals surface area (Å²) in [5, 5.41) is 0. The quantitative estimate of drug-likeness (QED) is 0.807. The van der Waals surface area contributed by atoms with E-state index in [2.05, 4.69) is 6.92 Å². The van der Waals surface area contributed by atoms with Crippen molar-refractivity contribution in [2.75, 3.05) is 13.1 Å². The first-order valence-corrected chi connectivity index (χ1v) is 7.40. The molecule has 0 radical (unpaired) electrons. The summed E-state index contributed by atoms with van der Waals surface area (Å²) in [6, 6.07) is -0.140. The van der Waals surface area contributed by atoms with Crippen molar-refractivity contribution >= 4 is 5.91 Å². The Balaban J connectivity index is 1.91. The van der Waals surface area contributed by atoms with Gasteiger partial charge in [-0.15, -0.1) is 0 Å². The number of carbonyl (C=O) groups excluding carboxylic acids is 1. The first kappa shape index (κ1) is 15.6. The molecule has 0 aromatic rings. The molecule has 2 N–H and O–H groups in total. The van der Waals surface area contributed by atoms with E-state index in [9.17, 15) is 18.0 Å². The molecular formula is C14H23F3N2O. The fourth-order valence-corrected chi connectivity index (χ4v) is 3.35. The monoisotopic (exact) mass is 292 g/mol. The number of hydrogen-bond acceptors (Lipinski definition) is 2. The Bertz CT molecular complexity index is 351. The number of rotatable bonds is 1. The summed E-state index contributed by atoms with van der Waals surface area (Å²) in [5.41, 5.74) is 6.02. The van der Waals surface area contributed by atoms with Gasteiger partial charge in [0.15, 0.2) is 0 Å². The topological polar surface area (TPSA) is 46.3 Å². The molecule has 1 amide bonds. The number of carbonyl (C=O) groups is 1. The van der Waals surface area contributed by atoms with Crippen molar-refractivity contribution in [2.45, 2.75) is 51.2 Å². The van der Waals surface area contributed by atoms with Crippen LogP contribution in [0.25, 0.3) is 0 Å². The van der Waals surface area contributed by atoms with Gasteiger partial charge in [0.2, 0.25) is 5.91 Å². The lowest BCUT2D eigenvalue weighted by Crippen LogP contribution is -2.50. The van der Waals surface area contributed by atoms with Gasteiger partial charge in [0.1, 0.15) is 0 Å². The maximum Gasteiger partial charge on any atom is 0.391 e. The van der Waals surface area contributed by atoms with Gasteiger partial charge in [-0.05, 0) is 38.0 Å². The maximum atomic E-state index is 12.6. The van der Waals surface area contributed by atoms with Crippen LogP contribution in [0.15, 0.2) is 0 Å². The molecule has 1 saturated heterocycles. The van der Waals surface area contributed by atoms with Crippen LogP contribution in [0.3, 0.4) is 0 Å². The molecule has 3 unspecified atom stereocenters. The second-order valence-corrected chi connectivity index (χ2v) is 6.33. The van der Waals surface area contributed by atoms with E-state index in [0.717, 1.165) is 19.3 Å². The molecule has 20 heavy (non-hydrogen) atoms. The Labute approximate surface area is 117 Å². The number of piperidine rings is 1. The van der Waals surface area contributed by atoms with Crippen molar-refractivity contribution < 1.29 is 18.0 Å². The van der Waals surface area contributed by atoms with Gasteiger partial charge >= 0.3 is 6.18 Å². The molecule has 0 aromatic carbocycles. The number of nitrogens with two attached hydrogens (primary N) is 1. The average molecular weight is 292 g/mol. The van der Waals surface area contributed by atoms with Gasteiger partial charge in [0.05, 0.1) is 11.8 Å². The first-order chi connectivity index (χ1) is 9.29. The van der Waals surface area contributed by atoms with Crippen LogP contribution in [0.2, 0.25) is 0 Å². The lowest BCUT2D eigenvalue weighted by molar-refractivity contribution is -0.187. The number of alkyl halides is 3. The highest BCUT2D eigenvalue weighted by Gasteiger charge is 2.43. The van der Waals surface area contributed by atoms with Gasteiger partial charge in [-0.3, -0.25) is 4.79 Å². The van der Waals surface area contributed by atoms with Crippen LogP contribution >= 0.6 is 0 Å². The SMILES string of the molecule is CC1CCC(N)C(C(=O)N2CCC(C(F)(F)F)CC2)C1. The summed E-state index contributed by atoms with van der Waals surface area (Å²) in [5.74, 6) is -1.03. The van der Waals surface area contributed by atoms with Crippen LogP contribution < -0.4 is 5.73 Å². The van der Waals surface area contributed by atoms with Crippen LogP contribution in [0.1, 0.15) is 39.0 Å². The predicted octanol–water partition coefficient (Wildman–Crippen LogP) is 2.55. The Kier molecular flexibility index (Phi) is 4.62. The number of amides is 1. The van der Waals surface area contributed by atoms with E-state index < -0.39 is 12.1 Å². The minimum atomic E-state index is -4.13. The van der Waals surface area contributed by atoms with Crippen LogP contribution in [0.5, 0.6) is 0 Å². The highest BCUT2D eigenvalue weighted by atomic mass is 19.4. The zero-order valence-corrected chi connectivity index (χ0v) is 11.8. The van der Waals surface area contributed by atoms with Crippen molar-refractivity contribution in [3.05, 3.63) is 0 Å². The molecule has 3 atom stereocenters. The van der Waals surface area contributed by atoms with E-state index in [1.54, 1.807) is 4.90 Å². The summed E-state index contributed by atoms with van der Waals surface area (Å²) in [6.45, 7) is 2.52. The highest BCUT2D eigenvalue weighted by Crippen LogP contribution is 2.35. The predicted molar refractivity (Wildman–Crippen MR) is 69.8 cm³/mol. The number of hydrogen-bond donors (Lipinski definition) is 1. The van der Waals surface area contributed by atoms with Gasteiger partial charge < -0.3 is 10.6 Å². The maximum absolute atomic E-state index is 12.6. The third kappa shape index (κ3) is 3.45. The van der Waals surface area contributed by atoms with Gasteiger partial charge in [0, 0.05) is 19.1 Å². The highest BCUT2D eigenvalue weighted by molar-refractivity contribution is 5.79. The van der Waals surface area contributed by atoms with Crippen LogP contribution in [-0.4, -0.2) is 36.1 Å². The normalized spacial score (nSPS) is 33.2. The van der Waals surface area contributed by atoms with Gasteiger partial charge in [0.25, 0.3) is 0 Å². The van der Waals surface area contributed by atoms with E-state index in [-0.39, 0.29) is 43.8 Å². The third-order valence-corrected chi connectivity index (χ3v) is 4.75. The Morgan fingerprint density at radius 2 is 1.75 bits per heavy atom. The largest absolute Gasteiger partial charge is 0.391 e. The molecule has 116 valence electrons. The van der Waals surface area contributed by atoms with E-state index in [0.29, 0.717) is 5.92 Å². The summed E-state index contributed by atoms with van der Waals surface area (Å²) in [7, 11) is 0. The summed E-state index contributed by atoms with van der Waals surface area (Å²) in [4.78, 5) is 14.0. The van der Waals surface area contributed by atoms with Gasteiger partial charge in [-0.1, -0.05) is 6.92 Å². The van der Waals surface area contributed by atoms with E-state index in [1.807, 2.05) is 0 Å². The minimum Gasteiger partial charge on any atom is -0.342 e. The summed E-state index contributed by atoms with van der Waals surface area (Å²) < 4.78 is 37.8. The van der Waals surface area contributed by atoms with Crippen molar-refractivity contribution in [1.29, 1.82) is 0 Å². The molecule has 1 saturated carbocycles. The molecule has 0 spiro atoms. The molecule has 2 fully saturated rings. The fraction of sp³-hybridized carbons (Fsp3) is 0.929. The van der Waals surface area contributed by atoms with Crippen LogP contribution in [0.4, 0.5) is 13.2 Å². The smallest absolute Gasteiger partial charge is 0.342 e. The van der Waals surface area contributed by atoms with Crippen molar-refractivity contribution in [2.24, 2.45) is 23.5 Å². The van der Waals surface area contributed by atoms with Crippen molar-refractivity contribution in [3.8, 4) is 0 Å². The van der Waals surface area contributed by atoms with Crippen molar-refractivity contribution in [1.82, 2.24) is 4.90 Å². The lowest BCUT2D eigenvalue weighted by atomic mass is 9.78. The summed E-state index contributed by atoms with van der Waals surface area (Å²) >= 11 is 0. The van der Waals surface area contributed by atoms with Crippen molar-refractivity contribution in [3.63, 3.8) is 0 Å². The molecule has 1 heterocycles. The zero-order valence-electron chi connectivity index (χ0n) is 11.8. The minimum absolute atomic E-state index is 0.0206. The second kappa shape index (κ2) is 5.92. The Morgan fingerprint density at radius 3 is 2.30 bits per heavy atom. The first-order valence-electron chi connectivity index (χ1n) is 7.40. The standard InChI is InChI=1S/C14H23F3N2O/c1-9-2-3-12(18)11(8-9)13(20)19-6-4-10(5-7-19)14(15,16)17/h9-12H,2-8,18H2,1H3. The summed E-state index contributed by atoms with van der Waals surface area (Å²) in [6.07, 6.45) is -1.47. The average Bonchev–Trinajstić information content (AvgIpc) is 2.40. The molecule has 2 aliphatic rings. The molecule has 0 bridgehead atoms. The fourth-order valence-electron chi connectivity index (χ4n) is 3.35. The Hall–Kier alpha value is -0.780. The van der Waals surface area contributed by atoms with Gasteiger partial charge in [-0.25, -0.2) is 0 Å².